The van der Waals surface area contributed by atoms with Crippen LogP contribution in [0, 0.1) is 6.92 Å². The molecular formula is C12H10NaO6. The fraction of sp³-hybridized carbons (Fsp3) is 0.167. The molecule has 0 atom stereocenters. The summed E-state index contributed by atoms with van der Waals surface area (Å²) in [5, 5.41) is 18.7. The molecule has 2 aromatic rings. The van der Waals surface area contributed by atoms with Gasteiger partial charge in [-0.05, 0) is 18.6 Å². The maximum atomic E-state index is 11.2. The number of carbonyl (C=O) groups is 1. The molecule has 2 N–H and O–H groups in total. The molecule has 0 saturated carbocycles. The number of hydrogen-bond acceptors (Lipinski definition) is 5. The molecule has 0 aliphatic heterocycles. The minimum Gasteiger partial charge on any atom is -0.504 e. The van der Waals surface area contributed by atoms with Crippen LogP contribution in [-0.4, -0.2) is 52.3 Å². The van der Waals surface area contributed by atoms with Gasteiger partial charge in [0.15, 0.2) is 18.1 Å². The van der Waals surface area contributed by atoms with E-state index in [1.54, 1.807) is 6.92 Å². The summed E-state index contributed by atoms with van der Waals surface area (Å²) >= 11 is 0. The zero-order valence-corrected chi connectivity index (χ0v) is 12.5. The monoisotopic (exact) mass is 273 g/mol. The SMILES string of the molecule is Cc1cc(=O)oc2cc(O)c(OCC(=O)O)cc12.[Na]. The maximum absolute atomic E-state index is 11.2. The third-order valence-corrected chi connectivity index (χ3v) is 2.38. The van der Waals surface area contributed by atoms with Crippen molar-refractivity contribution in [3.8, 4) is 11.5 Å². The molecule has 1 radical (unpaired) electrons. The van der Waals surface area contributed by atoms with Gasteiger partial charge in [0.25, 0.3) is 0 Å². The molecule has 0 aliphatic rings. The second-order valence-electron chi connectivity index (χ2n) is 3.75. The van der Waals surface area contributed by atoms with Crippen LogP contribution in [0.15, 0.2) is 27.4 Å². The molecule has 1 aromatic carbocycles. The Morgan fingerprint density at radius 2 is 2.05 bits per heavy atom. The van der Waals surface area contributed by atoms with E-state index in [1.807, 2.05) is 0 Å². The number of phenolic OH excluding ortho intramolecular Hbond substituents is 1. The fourth-order valence-corrected chi connectivity index (χ4v) is 1.59. The maximum Gasteiger partial charge on any atom is 0.341 e. The first kappa shape index (κ1) is 15.6. The van der Waals surface area contributed by atoms with Crippen LogP contribution in [0.1, 0.15) is 5.56 Å². The first-order chi connectivity index (χ1) is 8.47. The number of ether oxygens (including phenoxy) is 1. The summed E-state index contributed by atoms with van der Waals surface area (Å²) in [5.74, 6) is -1.40. The average molecular weight is 273 g/mol. The van der Waals surface area contributed by atoms with E-state index >= 15 is 0 Å². The van der Waals surface area contributed by atoms with Crippen molar-refractivity contribution in [2.24, 2.45) is 0 Å². The van der Waals surface area contributed by atoms with Crippen molar-refractivity contribution in [2.45, 2.75) is 6.92 Å². The van der Waals surface area contributed by atoms with Crippen LogP contribution in [0.5, 0.6) is 11.5 Å². The Labute approximate surface area is 129 Å². The predicted octanol–water partition coefficient (Wildman–Crippen LogP) is 0.890. The molecule has 0 amide bonds. The second kappa shape index (κ2) is 6.10. The van der Waals surface area contributed by atoms with E-state index in [1.165, 1.54) is 18.2 Å². The van der Waals surface area contributed by atoms with Crippen LogP contribution in [0.3, 0.4) is 0 Å². The molecule has 1 aromatic heterocycles. The molecule has 0 saturated heterocycles. The van der Waals surface area contributed by atoms with Gasteiger partial charge in [-0.2, -0.15) is 0 Å². The topological polar surface area (TPSA) is 97.0 Å². The fourth-order valence-electron chi connectivity index (χ4n) is 1.59. The van der Waals surface area contributed by atoms with E-state index in [0.717, 1.165) is 0 Å². The van der Waals surface area contributed by atoms with Gasteiger partial charge in [-0.3, -0.25) is 0 Å². The summed E-state index contributed by atoms with van der Waals surface area (Å²) in [6, 6.07) is 3.97. The Hall–Kier alpha value is -1.50. The molecule has 0 spiro atoms. The van der Waals surface area contributed by atoms with Gasteiger partial charge in [0, 0.05) is 47.1 Å². The van der Waals surface area contributed by atoms with Crippen molar-refractivity contribution in [1.82, 2.24) is 0 Å². The number of phenols is 1. The normalized spacial score (nSPS) is 9.95. The van der Waals surface area contributed by atoms with E-state index in [9.17, 15) is 14.7 Å². The molecule has 0 fully saturated rings. The van der Waals surface area contributed by atoms with Gasteiger partial charge in [0.05, 0.1) is 0 Å². The summed E-state index contributed by atoms with van der Waals surface area (Å²) < 4.78 is 9.84. The quantitative estimate of drug-likeness (QED) is 0.636. The molecule has 1 heterocycles. The third-order valence-electron chi connectivity index (χ3n) is 2.38. The molecular weight excluding hydrogens is 263 g/mol. The van der Waals surface area contributed by atoms with Crippen molar-refractivity contribution in [2.75, 3.05) is 6.61 Å². The van der Waals surface area contributed by atoms with Crippen molar-refractivity contribution in [3.05, 3.63) is 34.2 Å². The largest absolute Gasteiger partial charge is 0.504 e. The summed E-state index contributed by atoms with van der Waals surface area (Å²) in [7, 11) is 0. The van der Waals surface area contributed by atoms with Crippen LogP contribution in [0.25, 0.3) is 11.0 Å². The predicted molar refractivity (Wildman–Crippen MR) is 67.8 cm³/mol. The number of hydrogen-bond donors (Lipinski definition) is 2. The summed E-state index contributed by atoms with van der Waals surface area (Å²) in [4.78, 5) is 21.6. The number of fused-ring (bicyclic) bond motifs is 1. The molecule has 2 rings (SSSR count). The van der Waals surface area contributed by atoms with Gasteiger partial charge >= 0.3 is 11.6 Å². The van der Waals surface area contributed by atoms with Gasteiger partial charge in [0.2, 0.25) is 0 Å². The molecule has 95 valence electrons. The van der Waals surface area contributed by atoms with Gasteiger partial charge in [-0.1, -0.05) is 0 Å². The van der Waals surface area contributed by atoms with E-state index < -0.39 is 18.2 Å². The zero-order valence-electron chi connectivity index (χ0n) is 10.5. The summed E-state index contributed by atoms with van der Waals surface area (Å²) in [5.41, 5.74) is 0.361. The summed E-state index contributed by atoms with van der Waals surface area (Å²) in [6.07, 6.45) is 0. The van der Waals surface area contributed by atoms with Gasteiger partial charge < -0.3 is 19.4 Å². The van der Waals surface area contributed by atoms with Crippen LogP contribution < -0.4 is 10.4 Å². The van der Waals surface area contributed by atoms with Crippen molar-refractivity contribution >= 4 is 46.5 Å². The Balaban J connectivity index is 0.00000180. The molecule has 19 heavy (non-hydrogen) atoms. The average Bonchev–Trinajstić information content (AvgIpc) is 2.26. The number of rotatable bonds is 3. The van der Waals surface area contributed by atoms with Crippen molar-refractivity contribution < 1.29 is 24.2 Å². The number of aromatic hydroxyl groups is 1. The van der Waals surface area contributed by atoms with Crippen LogP contribution >= 0.6 is 0 Å². The Morgan fingerprint density at radius 1 is 1.37 bits per heavy atom. The number of benzene rings is 1. The molecule has 0 bridgehead atoms. The Morgan fingerprint density at radius 3 is 2.68 bits per heavy atom. The van der Waals surface area contributed by atoms with Crippen molar-refractivity contribution in [1.29, 1.82) is 0 Å². The second-order valence-corrected chi connectivity index (χ2v) is 3.75. The summed E-state index contributed by atoms with van der Waals surface area (Å²) in [6.45, 7) is 1.15. The number of aliphatic carboxylic acids is 1. The van der Waals surface area contributed by atoms with Gasteiger partial charge in [0.1, 0.15) is 5.58 Å². The smallest absolute Gasteiger partial charge is 0.341 e. The number of carboxylic acid groups (broad SMARTS) is 1. The van der Waals surface area contributed by atoms with Gasteiger partial charge in [-0.15, -0.1) is 0 Å². The minimum absolute atomic E-state index is 0. The molecule has 0 aliphatic carbocycles. The standard InChI is InChI=1S/C12H10O6.Na/c1-6-2-12(16)18-9-4-8(13)10(3-7(6)9)17-5-11(14)15;/h2-4,13H,5H2,1H3,(H,14,15);. The Kier molecular flexibility index (Phi) is 4.99. The first-order valence-corrected chi connectivity index (χ1v) is 5.09. The first-order valence-electron chi connectivity index (χ1n) is 5.09. The van der Waals surface area contributed by atoms with Crippen LogP contribution in [-0.2, 0) is 4.79 Å². The van der Waals surface area contributed by atoms with Gasteiger partial charge in [-0.25, -0.2) is 9.59 Å². The minimum atomic E-state index is -1.15. The molecule has 6 nitrogen and oxygen atoms in total. The molecule has 0 unspecified atom stereocenters. The van der Waals surface area contributed by atoms with Crippen LogP contribution in [0.2, 0.25) is 0 Å². The number of carboxylic acids is 1. The Bertz CT molecular complexity index is 676. The van der Waals surface area contributed by atoms with E-state index in [2.05, 4.69) is 0 Å². The van der Waals surface area contributed by atoms with Crippen molar-refractivity contribution in [3.63, 3.8) is 0 Å². The van der Waals surface area contributed by atoms with E-state index in [-0.39, 0.29) is 46.6 Å². The van der Waals surface area contributed by atoms with E-state index in [0.29, 0.717) is 10.9 Å². The molecule has 7 heteroatoms. The third kappa shape index (κ3) is 3.50. The van der Waals surface area contributed by atoms with E-state index in [4.69, 9.17) is 14.3 Å². The zero-order chi connectivity index (χ0) is 13.3. The number of aryl methyl sites for hydroxylation is 1. The van der Waals surface area contributed by atoms with Crippen LogP contribution in [0.4, 0.5) is 0 Å².